The van der Waals surface area contributed by atoms with E-state index in [1.165, 1.54) is 0 Å². The molecule has 0 aliphatic carbocycles. The highest BCUT2D eigenvalue weighted by Gasteiger charge is 2.26. The van der Waals surface area contributed by atoms with Gasteiger partial charge in [-0.05, 0) is 65.9 Å². The van der Waals surface area contributed by atoms with Crippen molar-refractivity contribution in [3.05, 3.63) is 211 Å². The molecule has 0 radical (unpaired) electrons. The summed E-state index contributed by atoms with van der Waals surface area (Å²) in [5.41, 5.74) is 10.7. The molecular formula is C52H36N4O2. The molecule has 6 nitrogen and oxygen atoms in total. The van der Waals surface area contributed by atoms with Gasteiger partial charge in [0.15, 0.2) is 17.3 Å². The standard InChI is InChI=1S/C52H36N4O2/c1-53-51(38-20-9-4-10-21-38)55-52(54-34-35-16-5-2-6-17-35)43-32-33-44(48-42-23-12-14-27-47(42)58-50(43)48)56(39-30-28-37(29-31-39)36-18-7-3-8-19-36)45-25-15-24-41-40-22-11-13-26-46(40)57-49(41)45/h2-33H,1,34H2. The summed E-state index contributed by atoms with van der Waals surface area (Å²) in [5.74, 6) is 0.960. The van der Waals surface area contributed by atoms with Gasteiger partial charge in [-0.3, -0.25) is 4.99 Å². The molecule has 0 aliphatic heterocycles. The Kier molecular flexibility index (Phi) is 8.97. The maximum absolute atomic E-state index is 6.87. The SMILES string of the molecule is C=NC(=NC(=NCc1ccccc1)c1ccc(N(c2ccc(-c3ccccc3)cc2)c2cccc3c2oc2ccccc23)c2c1oc1ccccc12)c1ccccc1. The van der Waals surface area contributed by atoms with Crippen LogP contribution in [0.1, 0.15) is 16.7 Å². The average Bonchev–Trinajstić information content (AvgIpc) is 3.88. The third-order valence-electron chi connectivity index (χ3n) is 10.5. The summed E-state index contributed by atoms with van der Waals surface area (Å²) in [5, 5.41) is 3.99. The molecule has 0 unspecified atom stereocenters. The fourth-order valence-corrected chi connectivity index (χ4v) is 7.73. The van der Waals surface area contributed by atoms with Crippen molar-refractivity contribution < 1.29 is 8.83 Å². The third-order valence-corrected chi connectivity index (χ3v) is 10.5. The van der Waals surface area contributed by atoms with E-state index in [-0.39, 0.29) is 0 Å². The van der Waals surface area contributed by atoms with Crippen molar-refractivity contribution >= 4 is 79.3 Å². The fraction of sp³-hybridized carbons (Fsp3) is 0.0192. The summed E-state index contributed by atoms with van der Waals surface area (Å²) in [6, 6.07) is 66.0. The van der Waals surface area contributed by atoms with E-state index in [9.17, 15) is 0 Å². The smallest absolute Gasteiger partial charge is 0.161 e. The van der Waals surface area contributed by atoms with Crippen LogP contribution in [0.4, 0.5) is 17.1 Å². The van der Waals surface area contributed by atoms with Gasteiger partial charge in [-0.15, -0.1) is 0 Å². The number of fused-ring (bicyclic) bond motifs is 6. The predicted octanol–water partition coefficient (Wildman–Crippen LogP) is 13.7. The van der Waals surface area contributed by atoms with Crippen LogP contribution in [0.2, 0.25) is 0 Å². The molecule has 2 aromatic heterocycles. The van der Waals surface area contributed by atoms with Crippen molar-refractivity contribution in [1.29, 1.82) is 0 Å². The second kappa shape index (κ2) is 15.0. The Hall–Kier alpha value is -7.83. The molecule has 0 saturated heterocycles. The molecular weight excluding hydrogens is 713 g/mol. The largest absolute Gasteiger partial charge is 0.455 e. The molecule has 6 heteroatoms. The van der Waals surface area contributed by atoms with Gasteiger partial charge < -0.3 is 13.7 Å². The molecule has 10 rings (SSSR count). The highest BCUT2D eigenvalue weighted by Crippen LogP contribution is 2.47. The van der Waals surface area contributed by atoms with Gasteiger partial charge in [-0.1, -0.05) is 152 Å². The van der Waals surface area contributed by atoms with Gasteiger partial charge in [0.25, 0.3) is 0 Å². The van der Waals surface area contributed by atoms with Crippen LogP contribution in [0.5, 0.6) is 0 Å². The highest BCUT2D eigenvalue weighted by molar-refractivity contribution is 6.23. The van der Waals surface area contributed by atoms with E-state index in [2.05, 4.69) is 126 Å². The first kappa shape index (κ1) is 34.6. The van der Waals surface area contributed by atoms with E-state index in [0.29, 0.717) is 23.8 Å². The van der Waals surface area contributed by atoms with E-state index in [1.54, 1.807) is 0 Å². The minimum atomic E-state index is 0.413. The first-order chi connectivity index (χ1) is 28.7. The maximum Gasteiger partial charge on any atom is 0.161 e. The first-order valence-electron chi connectivity index (χ1n) is 19.2. The molecule has 0 N–H and O–H groups in total. The van der Waals surface area contributed by atoms with Crippen molar-refractivity contribution in [3.8, 4) is 11.1 Å². The van der Waals surface area contributed by atoms with Crippen LogP contribution in [0.3, 0.4) is 0 Å². The van der Waals surface area contributed by atoms with Gasteiger partial charge in [0.2, 0.25) is 0 Å². The zero-order chi connectivity index (χ0) is 38.8. The lowest BCUT2D eigenvalue weighted by atomic mass is 10.0. The molecule has 58 heavy (non-hydrogen) atoms. The predicted molar refractivity (Wildman–Crippen MR) is 240 cm³/mol. The Morgan fingerprint density at radius 3 is 1.83 bits per heavy atom. The minimum Gasteiger partial charge on any atom is -0.455 e. The highest BCUT2D eigenvalue weighted by atomic mass is 16.3. The van der Waals surface area contributed by atoms with Gasteiger partial charge in [0.05, 0.1) is 28.9 Å². The number of aliphatic imine (C=N–C) groups is 3. The van der Waals surface area contributed by atoms with Crippen molar-refractivity contribution in [2.45, 2.75) is 6.54 Å². The zero-order valence-corrected chi connectivity index (χ0v) is 31.5. The van der Waals surface area contributed by atoms with E-state index in [1.807, 2.05) is 84.9 Å². The van der Waals surface area contributed by atoms with Gasteiger partial charge in [0.1, 0.15) is 16.7 Å². The van der Waals surface area contributed by atoms with Crippen LogP contribution in [0.15, 0.2) is 218 Å². The van der Waals surface area contributed by atoms with Crippen LogP contribution >= 0.6 is 0 Å². The Morgan fingerprint density at radius 2 is 1.09 bits per heavy atom. The summed E-state index contributed by atoms with van der Waals surface area (Å²) in [7, 11) is 0. The van der Waals surface area contributed by atoms with Crippen LogP contribution in [-0.4, -0.2) is 18.4 Å². The Morgan fingerprint density at radius 1 is 0.483 bits per heavy atom. The molecule has 0 fully saturated rings. The lowest BCUT2D eigenvalue weighted by Gasteiger charge is -2.27. The fourth-order valence-electron chi connectivity index (χ4n) is 7.73. The number of nitrogens with zero attached hydrogens (tertiary/aromatic N) is 4. The topological polar surface area (TPSA) is 66.6 Å². The summed E-state index contributed by atoms with van der Waals surface area (Å²) < 4.78 is 13.6. The van der Waals surface area contributed by atoms with Gasteiger partial charge >= 0.3 is 0 Å². The number of hydrogen-bond acceptors (Lipinski definition) is 4. The summed E-state index contributed by atoms with van der Waals surface area (Å²) >= 11 is 0. The number of hydrogen-bond donors (Lipinski definition) is 0. The van der Waals surface area contributed by atoms with Crippen molar-refractivity contribution in [3.63, 3.8) is 0 Å². The Balaban J connectivity index is 1.23. The van der Waals surface area contributed by atoms with Crippen molar-refractivity contribution in [2.24, 2.45) is 15.0 Å². The van der Waals surface area contributed by atoms with Crippen molar-refractivity contribution in [1.82, 2.24) is 0 Å². The van der Waals surface area contributed by atoms with E-state index in [0.717, 1.165) is 83.2 Å². The maximum atomic E-state index is 6.87. The molecule has 0 bridgehead atoms. The third kappa shape index (κ3) is 6.33. The summed E-state index contributed by atoms with van der Waals surface area (Å²) in [6.45, 7) is 4.31. The van der Waals surface area contributed by atoms with Crippen LogP contribution in [-0.2, 0) is 6.54 Å². The van der Waals surface area contributed by atoms with Gasteiger partial charge in [0, 0.05) is 27.4 Å². The van der Waals surface area contributed by atoms with E-state index >= 15 is 0 Å². The second-order valence-electron chi connectivity index (χ2n) is 14.0. The number of furan rings is 2. The van der Waals surface area contributed by atoms with Gasteiger partial charge in [-0.25, -0.2) is 9.98 Å². The average molecular weight is 749 g/mol. The van der Waals surface area contributed by atoms with Gasteiger partial charge in [-0.2, -0.15) is 0 Å². The lowest BCUT2D eigenvalue weighted by Crippen LogP contribution is -2.12. The van der Waals surface area contributed by atoms with E-state index in [4.69, 9.17) is 18.8 Å². The molecule has 2 heterocycles. The normalized spacial score (nSPS) is 12.1. The number of rotatable bonds is 8. The minimum absolute atomic E-state index is 0.413. The molecule has 10 aromatic rings. The number of amidine groups is 2. The van der Waals surface area contributed by atoms with Crippen LogP contribution in [0, 0.1) is 0 Å². The number of para-hydroxylation sites is 3. The molecule has 0 saturated carbocycles. The number of anilines is 3. The summed E-state index contributed by atoms with van der Waals surface area (Å²) in [6.07, 6.45) is 0. The van der Waals surface area contributed by atoms with E-state index < -0.39 is 0 Å². The molecule has 0 atom stereocenters. The second-order valence-corrected chi connectivity index (χ2v) is 14.0. The number of benzene rings is 8. The molecule has 276 valence electrons. The molecule has 0 amide bonds. The molecule has 0 aliphatic rings. The zero-order valence-electron chi connectivity index (χ0n) is 31.5. The Labute approximate surface area is 335 Å². The molecule has 8 aromatic carbocycles. The quantitative estimate of drug-likeness (QED) is 0.115. The van der Waals surface area contributed by atoms with Crippen LogP contribution < -0.4 is 4.90 Å². The van der Waals surface area contributed by atoms with Crippen molar-refractivity contribution in [2.75, 3.05) is 4.90 Å². The van der Waals surface area contributed by atoms with Crippen LogP contribution in [0.25, 0.3) is 55.0 Å². The first-order valence-corrected chi connectivity index (χ1v) is 19.2. The molecule has 0 spiro atoms. The monoisotopic (exact) mass is 748 g/mol. The summed E-state index contributed by atoms with van der Waals surface area (Å²) in [4.78, 5) is 16.9. The lowest BCUT2D eigenvalue weighted by molar-refractivity contribution is 0.667. The Bertz CT molecular complexity index is 3150.